The van der Waals surface area contributed by atoms with Crippen LogP contribution in [-0.2, 0) is 5.41 Å². The number of hydrogen-bond acceptors (Lipinski definition) is 2. The smallest absolute Gasteiger partial charge is 0.406 e. The van der Waals surface area contributed by atoms with Crippen molar-refractivity contribution in [3.05, 3.63) is 60.2 Å². The molecule has 0 saturated heterocycles. The standard InChI is InChI=1S/C18H17F3N2O2/c19-18(20,21)25-15-8-4-7-14(11-15)23-16(24)22-12-17(9-10-17)13-5-2-1-3-6-13/h1-8,11H,9-10,12H2,(H2,22,23,24). The van der Waals surface area contributed by atoms with Crippen LogP contribution in [0.2, 0.25) is 0 Å². The van der Waals surface area contributed by atoms with Gasteiger partial charge in [-0.3, -0.25) is 0 Å². The maximum absolute atomic E-state index is 12.2. The van der Waals surface area contributed by atoms with Crippen molar-refractivity contribution in [3.8, 4) is 5.75 Å². The summed E-state index contributed by atoms with van der Waals surface area (Å²) in [5.41, 5.74) is 1.36. The van der Waals surface area contributed by atoms with E-state index in [1.54, 1.807) is 0 Å². The van der Waals surface area contributed by atoms with E-state index in [1.807, 2.05) is 30.3 Å². The summed E-state index contributed by atoms with van der Waals surface area (Å²) < 4.78 is 40.5. The molecule has 2 aromatic carbocycles. The minimum atomic E-state index is -4.77. The number of alkyl halides is 3. The predicted octanol–water partition coefficient (Wildman–Crippen LogP) is 4.44. The highest BCUT2D eigenvalue weighted by Gasteiger charge is 2.44. The third-order valence-electron chi connectivity index (χ3n) is 4.15. The number of anilines is 1. The van der Waals surface area contributed by atoms with Gasteiger partial charge in [0.15, 0.2) is 0 Å². The second kappa shape index (κ2) is 6.66. The van der Waals surface area contributed by atoms with Gasteiger partial charge in [-0.2, -0.15) is 0 Å². The Labute approximate surface area is 143 Å². The molecule has 0 unspecified atom stereocenters. The number of ether oxygens (including phenoxy) is 1. The van der Waals surface area contributed by atoms with Gasteiger partial charge >= 0.3 is 12.4 Å². The zero-order valence-electron chi connectivity index (χ0n) is 13.3. The SMILES string of the molecule is O=C(NCC1(c2ccccc2)CC1)Nc1cccc(OC(F)(F)F)c1. The van der Waals surface area contributed by atoms with Crippen LogP contribution in [0.25, 0.3) is 0 Å². The van der Waals surface area contributed by atoms with Crippen LogP contribution < -0.4 is 15.4 Å². The highest BCUT2D eigenvalue weighted by molar-refractivity contribution is 5.89. The highest BCUT2D eigenvalue weighted by atomic mass is 19.4. The Morgan fingerprint density at radius 3 is 2.44 bits per heavy atom. The zero-order chi connectivity index (χ0) is 17.9. The van der Waals surface area contributed by atoms with Crippen LogP contribution in [0.5, 0.6) is 5.75 Å². The van der Waals surface area contributed by atoms with Crippen molar-refractivity contribution >= 4 is 11.7 Å². The van der Waals surface area contributed by atoms with Crippen LogP contribution in [0, 0.1) is 0 Å². The normalized spacial score (nSPS) is 15.3. The second-order valence-electron chi connectivity index (χ2n) is 6.03. The Kier molecular flexibility index (Phi) is 4.57. The first-order chi connectivity index (χ1) is 11.9. The zero-order valence-corrected chi connectivity index (χ0v) is 13.3. The molecule has 4 nitrogen and oxygen atoms in total. The fourth-order valence-electron chi connectivity index (χ4n) is 2.71. The summed E-state index contributed by atoms with van der Waals surface area (Å²) in [7, 11) is 0. The Morgan fingerprint density at radius 1 is 1.08 bits per heavy atom. The number of rotatable bonds is 5. The number of carbonyl (C=O) groups excluding carboxylic acids is 1. The monoisotopic (exact) mass is 350 g/mol. The van der Waals surface area contributed by atoms with Crippen molar-refractivity contribution in [2.45, 2.75) is 24.6 Å². The molecule has 1 fully saturated rings. The summed E-state index contributed by atoms with van der Waals surface area (Å²) in [6, 6.07) is 14.6. The Hall–Kier alpha value is -2.70. The molecule has 0 spiro atoms. The molecular weight excluding hydrogens is 333 g/mol. The van der Waals surface area contributed by atoms with Crippen LogP contribution in [0.3, 0.4) is 0 Å². The molecule has 2 N–H and O–H groups in total. The lowest BCUT2D eigenvalue weighted by atomic mass is 9.96. The first-order valence-electron chi connectivity index (χ1n) is 7.83. The van der Waals surface area contributed by atoms with Gasteiger partial charge in [0.05, 0.1) is 0 Å². The fourth-order valence-corrected chi connectivity index (χ4v) is 2.71. The topological polar surface area (TPSA) is 50.4 Å². The molecule has 0 radical (unpaired) electrons. The van der Waals surface area contributed by atoms with E-state index in [-0.39, 0.29) is 16.9 Å². The summed E-state index contributed by atoms with van der Waals surface area (Å²) in [6.45, 7) is 0.474. The maximum Gasteiger partial charge on any atom is 0.573 e. The Morgan fingerprint density at radius 2 is 1.80 bits per heavy atom. The van der Waals surface area contributed by atoms with Gasteiger partial charge in [0.1, 0.15) is 5.75 Å². The fraction of sp³-hybridized carbons (Fsp3) is 0.278. The third-order valence-corrected chi connectivity index (χ3v) is 4.15. The number of amides is 2. The van der Waals surface area contributed by atoms with Crippen LogP contribution in [0.4, 0.5) is 23.7 Å². The van der Waals surface area contributed by atoms with Crippen molar-refractivity contribution in [2.75, 3.05) is 11.9 Å². The van der Waals surface area contributed by atoms with Crippen molar-refractivity contribution < 1.29 is 22.7 Å². The number of carbonyl (C=O) groups is 1. The van der Waals surface area contributed by atoms with E-state index < -0.39 is 12.4 Å². The van der Waals surface area contributed by atoms with E-state index in [9.17, 15) is 18.0 Å². The molecule has 1 aliphatic rings. The van der Waals surface area contributed by atoms with E-state index in [1.165, 1.54) is 23.8 Å². The molecule has 3 rings (SSSR count). The first kappa shape index (κ1) is 17.1. The minimum Gasteiger partial charge on any atom is -0.406 e. The lowest BCUT2D eigenvalue weighted by Gasteiger charge is -2.17. The number of halogens is 3. The summed E-state index contributed by atoms with van der Waals surface area (Å²) in [5, 5.41) is 5.31. The Bertz CT molecular complexity index is 743. The van der Waals surface area contributed by atoms with Gasteiger partial charge < -0.3 is 15.4 Å². The summed E-state index contributed by atoms with van der Waals surface area (Å²) in [5.74, 6) is -0.381. The maximum atomic E-state index is 12.2. The van der Waals surface area contributed by atoms with E-state index in [0.29, 0.717) is 6.54 Å². The molecule has 1 saturated carbocycles. The van der Waals surface area contributed by atoms with E-state index >= 15 is 0 Å². The quantitative estimate of drug-likeness (QED) is 0.838. The van der Waals surface area contributed by atoms with Gasteiger partial charge in [0, 0.05) is 23.7 Å². The van der Waals surface area contributed by atoms with Gasteiger partial charge in [0.25, 0.3) is 0 Å². The molecule has 0 heterocycles. The van der Waals surface area contributed by atoms with Gasteiger partial charge in [-0.1, -0.05) is 36.4 Å². The molecular formula is C18H17F3N2O2. The molecule has 2 amide bonds. The minimum absolute atomic E-state index is 0.0418. The number of hydrogen-bond donors (Lipinski definition) is 2. The van der Waals surface area contributed by atoms with Crippen molar-refractivity contribution in [3.63, 3.8) is 0 Å². The molecule has 7 heteroatoms. The Balaban J connectivity index is 1.56. The van der Waals surface area contributed by atoms with Crippen LogP contribution in [-0.4, -0.2) is 18.9 Å². The summed E-state index contributed by atoms with van der Waals surface area (Å²) >= 11 is 0. The molecule has 132 valence electrons. The lowest BCUT2D eigenvalue weighted by Crippen LogP contribution is -2.35. The highest BCUT2D eigenvalue weighted by Crippen LogP contribution is 2.47. The molecule has 0 bridgehead atoms. The van der Waals surface area contributed by atoms with Crippen LogP contribution in [0.15, 0.2) is 54.6 Å². The lowest BCUT2D eigenvalue weighted by molar-refractivity contribution is -0.274. The average molecular weight is 350 g/mol. The number of benzene rings is 2. The summed E-state index contributed by atoms with van der Waals surface area (Å²) in [4.78, 5) is 12.0. The molecule has 0 aliphatic heterocycles. The average Bonchev–Trinajstić information content (AvgIpc) is 3.34. The van der Waals surface area contributed by atoms with Crippen molar-refractivity contribution in [1.29, 1.82) is 0 Å². The van der Waals surface area contributed by atoms with E-state index in [4.69, 9.17) is 0 Å². The van der Waals surface area contributed by atoms with Gasteiger partial charge in [0.2, 0.25) is 0 Å². The third kappa shape index (κ3) is 4.65. The number of urea groups is 1. The summed E-state index contributed by atoms with van der Waals surface area (Å²) in [6.07, 6.45) is -2.78. The van der Waals surface area contributed by atoms with E-state index in [2.05, 4.69) is 15.4 Å². The largest absolute Gasteiger partial charge is 0.573 e. The first-order valence-corrected chi connectivity index (χ1v) is 7.83. The molecule has 0 aromatic heterocycles. The van der Waals surface area contributed by atoms with Gasteiger partial charge in [-0.05, 0) is 30.5 Å². The molecule has 2 aromatic rings. The van der Waals surface area contributed by atoms with Crippen molar-refractivity contribution in [2.24, 2.45) is 0 Å². The number of nitrogens with one attached hydrogen (secondary N) is 2. The molecule has 0 atom stereocenters. The van der Waals surface area contributed by atoms with Gasteiger partial charge in [-0.15, -0.1) is 13.2 Å². The molecule has 1 aliphatic carbocycles. The predicted molar refractivity (Wildman–Crippen MR) is 87.5 cm³/mol. The van der Waals surface area contributed by atoms with Crippen molar-refractivity contribution in [1.82, 2.24) is 5.32 Å². The van der Waals surface area contributed by atoms with Crippen LogP contribution >= 0.6 is 0 Å². The molecule has 25 heavy (non-hydrogen) atoms. The second-order valence-corrected chi connectivity index (χ2v) is 6.03. The van der Waals surface area contributed by atoms with E-state index in [0.717, 1.165) is 18.9 Å². The van der Waals surface area contributed by atoms with Crippen LogP contribution in [0.1, 0.15) is 18.4 Å². The van der Waals surface area contributed by atoms with Gasteiger partial charge in [-0.25, -0.2) is 4.79 Å².